The van der Waals surface area contributed by atoms with E-state index < -0.39 is 4.92 Å². The van der Waals surface area contributed by atoms with Crippen LogP contribution < -0.4 is 5.32 Å². The van der Waals surface area contributed by atoms with Crippen molar-refractivity contribution in [2.75, 3.05) is 13.1 Å². The van der Waals surface area contributed by atoms with E-state index in [0.717, 1.165) is 13.1 Å². The molecule has 1 saturated heterocycles. The van der Waals surface area contributed by atoms with Gasteiger partial charge in [0.25, 0.3) is 5.69 Å². The van der Waals surface area contributed by atoms with Crippen LogP contribution in [0, 0.1) is 10.1 Å². The number of nitrogens with one attached hydrogen (secondary N) is 1. The molecular weight excluding hydrogens is 258 g/mol. The van der Waals surface area contributed by atoms with Crippen LogP contribution in [-0.2, 0) is 11.2 Å². The molecule has 6 nitrogen and oxygen atoms in total. The highest BCUT2D eigenvalue weighted by Crippen LogP contribution is 2.20. The van der Waals surface area contributed by atoms with Crippen molar-refractivity contribution in [3.63, 3.8) is 0 Å². The van der Waals surface area contributed by atoms with E-state index in [1.54, 1.807) is 18.2 Å². The topological polar surface area (TPSA) is 75.5 Å². The van der Waals surface area contributed by atoms with Gasteiger partial charge in [0, 0.05) is 36.8 Å². The molecule has 0 aliphatic carbocycles. The Bertz CT molecular complexity index is 508. The summed E-state index contributed by atoms with van der Waals surface area (Å²) in [4.78, 5) is 24.8. The number of nitrogens with zero attached hydrogens (tertiary/aromatic N) is 2. The van der Waals surface area contributed by atoms with Gasteiger partial charge in [-0.05, 0) is 13.8 Å². The quantitative estimate of drug-likeness (QED) is 0.668. The molecule has 0 bridgehead atoms. The number of carbonyl (C=O) groups excluding carboxylic acids is 1. The van der Waals surface area contributed by atoms with E-state index in [1.807, 2.05) is 18.7 Å². The van der Waals surface area contributed by atoms with Crippen LogP contribution in [0.15, 0.2) is 24.3 Å². The van der Waals surface area contributed by atoms with Crippen LogP contribution in [0.1, 0.15) is 19.4 Å². The van der Waals surface area contributed by atoms with Gasteiger partial charge in [0.2, 0.25) is 5.91 Å². The van der Waals surface area contributed by atoms with Crippen LogP contribution >= 0.6 is 0 Å². The summed E-state index contributed by atoms with van der Waals surface area (Å²) in [5.74, 6) is -0.0548. The molecule has 0 aromatic heterocycles. The molecule has 1 heterocycles. The maximum atomic E-state index is 12.4. The fourth-order valence-corrected chi connectivity index (χ4v) is 2.72. The van der Waals surface area contributed by atoms with Gasteiger partial charge in [0.05, 0.1) is 11.3 Å². The third-order valence-corrected chi connectivity index (χ3v) is 3.65. The third kappa shape index (κ3) is 2.96. The first kappa shape index (κ1) is 14.5. The molecule has 1 aliphatic rings. The highest BCUT2D eigenvalue weighted by molar-refractivity contribution is 5.80. The minimum absolute atomic E-state index is 0.0105. The summed E-state index contributed by atoms with van der Waals surface area (Å²) in [7, 11) is 0. The maximum Gasteiger partial charge on any atom is 0.273 e. The summed E-state index contributed by atoms with van der Waals surface area (Å²) in [6.07, 6.45) is 0.0752. The zero-order valence-electron chi connectivity index (χ0n) is 11.7. The van der Waals surface area contributed by atoms with Gasteiger partial charge >= 0.3 is 0 Å². The summed E-state index contributed by atoms with van der Waals surface area (Å²) in [5, 5.41) is 14.2. The van der Waals surface area contributed by atoms with E-state index >= 15 is 0 Å². The number of benzene rings is 1. The molecule has 2 unspecified atom stereocenters. The van der Waals surface area contributed by atoms with Crippen LogP contribution in [0.4, 0.5) is 5.69 Å². The molecule has 1 aromatic rings. The number of para-hydroxylation sites is 1. The Balaban J connectivity index is 2.17. The van der Waals surface area contributed by atoms with Crippen molar-refractivity contribution in [3.05, 3.63) is 39.9 Å². The normalized spacial score (nSPS) is 22.6. The van der Waals surface area contributed by atoms with Crippen LogP contribution in [0.3, 0.4) is 0 Å². The second kappa shape index (κ2) is 6.00. The average Bonchev–Trinajstić information content (AvgIpc) is 2.38. The summed E-state index contributed by atoms with van der Waals surface area (Å²) in [6.45, 7) is 5.49. The van der Waals surface area contributed by atoms with Crippen LogP contribution in [0.5, 0.6) is 0 Å². The summed E-state index contributed by atoms with van der Waals surface area (Å²) >= 11 is 0. The number of rotatable bonds is 3. The molecule has 1 aromatic carbocycles. The maximum absolute atomic E-state index is 12.4. The molecule has 1 N–H and O–H groups in total. The van der Waals surface area contributed by atoms with Crippen LogP contribution in [-0.4, -0.2) is 40.9 Å². The SMILES string of the molecule is CC1CNCC(C)N1C(=O)Cc1ccccc1[N+](=O)[O-]. The van der Waals surface area contributed by atoms with Gasteiger partial charge in [-0.1, -0.05) is 18.2 Å². The van der Waals surface area contributed by atoms with Crippen molar-refractivity contribution in [2.45, 2.75) is 32.4 Å². The lowest BCUT2D eigenvalue weighted by Gasteiger charge is -2.39. The van der Waals surface area contributed by atoms with Crippen LogP contribution in [0.2, 0.25) is 0 Å². The first-order valence-corrected chi connectivity index (χ1v) is 6.75. The fraction of sp³-hybridized carbons (Fsp3) is 0.500. The molecular formula is C14H19N3O3. The molecule has 2 atom stereocenters. The molecule has 1 amide bonds. The minimum Gasteiger partial charge on any atom is -0.334 e. The van der Waals surface area contributed by atoms with E-state index in [1.165, 1.54) is 6.07 Å². The largest absolute Gasteiger partial charge is 0.334 e. The van der Waals surface area contributed by atoms with Crippen molar-refractivity contribution in [2.24, 2.45) is 0 Å². The lowest BCUT2D eigenvalue weighted by atomic mass is 10.1. The summed E-state index contributed by atoms with van der Waals surface area (Å²) in [6, 6.07) is 6.63. The van der Waals surface area contributed by atoms with Crippen molar-refractivity contribution in [3.8, 4) is 0 Å². The second-order valence-electron chi connectivity index (χ2n) is 5.22. The second-order valence-corrected chi connectivity index (χ2v) is 5.22. The Morgan fingerprint density at radius 3 is 2.55 bits per heavy atom. The van der Waals surface area contributed by atoms with Gasteiger partial charge in [-0.15, -0.1) is 0 Å². The Kier molecular flexibility index (Phi) is 4.34. The molecule has 2 rings (SSSR count). The number of nitro benzene ring substituents is 1. The first-order chi connectivity index (χ1) is 9.50. The van der Waals surface area contributed by atoms with E-state index in [0.29, 0.717) is 5.56 Å². The molecule has 20 heavy (non-hydrogen) atoms. The van der Waals surface area contributed by atoms with Gasteiger partial charge in [-0.2, -0.15) is 0 Å². The molecule has 0 spiro atoms. The molecule has 108 valence electrons. The predicted octanol–water partition coefficient (Wildman–Crippen LogP) is 1.35. The van der Waals surface area contributed by atoms with E-state index in [2.05, 4.69) is 5.32 Å². The number of nitro groups is 1. The standard InChI is InChI=1S/C14H19N3O3/c1-10-8-15-9-11(2)16(10)14(18)7-12-5-3-4-6-13(12)17(19)20/h3-6,10-11,15H,7-9H2,1-2H3. The Labute approximate surface area is 117 Å². The van der Waals surface area contributed by atoms with Gasteiger partial charge in [-0.25, -0.2) is 0 Å². The van der Waals surface area contributed by atoms with Crippen molar-refractivity contribution in [1.29, 1.82) is 0 Å². The predicted molar refractivity (Wildman–Crippen MR) is 75.4 cm³/mol. The molecule has 1 fully saturated rings. The monoisotopic (exact) mass is 277 g/mol. The van der Waals surface area contributed by atoms with Gasteiger partial charge in [-0.3, -0.25) is 14.9 Å². The van der Waals surface area contributed by atoms with Gasteiger partial charge in [0.15, 0.2) is 0 Å². The van der Waals surface area contributed by atoms with E-state index in [4.69, 9.17) is 0 Å². The molecule has 6 heteroatoms. The number of hydrogen-bond acceptors (Lipinski definition) is 4. The molecule has 0 radical (unpaired) electrons. The average molecular weight is 277 g/mol. The zero-order valence-corrected chi connectivity index (χ0v) is 11.7. The highest BCUT2D eigenvalue weighted by Gasteiger charge is 2.29. The van der Waals surface area contributed by atoms with Crippen LogP contribution in [0.25, 0.3) is 0 Å². The highest BCUT2D eigenvalue weighted by atomic mass is 16.6. The first-order valence-electron chi connectivity index (χ1n) is 6.75. The van der Waals surface area contributed by atoms with Crippen molar-refractivity contribution in [1.82, 2.24) is 10.2 Å². The lowest BCUT2D eigenvalue weighted by molar-refractivity contribution is -0.385. The van der Waals surface area contributed by atoms with Gasteiger partial charge in [0.1, 0.15) is 0 Å². The Morgan fingerprint density at radius 1 is 1.35 bits per heavy atom. The molecule has 0 saturated carbocycles. The minimum atomic E-state index is -0.437. The number of amides is 1. The Morgan fingerprint density at radius 2 is 1.95 bits per heavy atom. The zero-order chi connectivity index (χ0) is 14.7. The fourth-order valence-electron chi connectivity index (χ4n) is 2.72. The lowest BCUT2D eigenvalue weighted by Crippen LogP contribution is -2.57. The van der Waals surface area contributed by atoms with E-state index in [9.17, 15) is 14.9 Å². The Hall–Kier alpha value is -1.95. The van der Waals surface area contributed by atoms with E-state index in [-0.39, 0.29) is 30.1 Å². The third-order valence-electron chi connectivity index (χ3n) is 3.65. The number of carbonyl (C=O) groups is 1. The summed E-state index contributed by atoms with van der Waals surface area (Å²) in [5.41, 5.74) is 0.483. The number of hydrogen-bond donors (Lipinski definition) is 1. The summed E-state index contributed by atoms with van der Waals surface area (Å²) < 4.78 is 0. The smallest absolute Gasteiger partial charge is 0.273 e. The number of piperazine rings is 1. The van der Waals surface area contributed by atoms with Crippen molar-refractivity contribution < 1.29 is 9.72 Å². The molecule has 1 aliphatic heterocycles. The van der Waals surface area contributed by atoms with Gasteiger partial charge < -0.3 is 10.2 Å². The van der Waals surface area contributed by atoms with Crippen molar-refractivity contribution >= 4 is 11.6 Å².